The minimum atomic E-state index is 0.523. The van der Waals surface area contributed by atoms with Gasteiger partial charge in [0.1, 0.15) is 0 Å². The Bertz CT molecular complexity index is 457. The Balaban J connectivity index is 1.95. The number of benzene rings is 1. The maximum Gasteiger partial charge on any atom is 0.188 e. The third kappa shape index (κ3) is 4.02. The van der Waals surface area contributed by atoms with Gasteiger partial charge in [0.25, 0.3) is 0 Å². The first-order valence-corrected chi connectivity index (χ1v) is 6.82. The van der Waals surface area contributed by atoms with Crippen molar-refractivity contribution in [3.8, 4) is 0 Å². The van der Waals surface area contributed by atoms with Crippen molar-refractivity contribution in [2.45, 2.75) is 19.9 Å². The van der Waals surface area contributed by atoms with Crippen molar-refractivity contribution in [1.29, 1.82) is 0 Å². The zero-order valence-corrected chi connectivity index (χ0v) is 11.5. The van der Waals surface area contributed by atoms with Crippen LogP contribution in [0.5, 0.6) is 0 Å². The predicted octanol–water partition coefficient (Wildman–Crippen LogP) is 1.88. The summed E-state index contributed by atoms with van der Waals surface area (Å²) < 4.78 is 0. The van der Waals surface area contributed by atoms with E-state index in [0.29, 0.717) is 12.5 Å². The number of guanidine groups is 1. The van der Waals surface area contributed by atoms with Gasteiger partial charge in [0.15, 0.2) is 5.96 Å². The fourth-order valence-corrected chi connectivity index (χ4v) is 2.03. The lowest BCUT2D eigenvalue weighted by Gasteiger charge is -2.18. The Morgan fingerprint density at radius 1 is 1.37 bits per heavy atom. The number of nitrogens with one attached hydrogen (secondary N) is 1. The highest BCUT2D eigenvalue weighted by molar-refractivity contribution is 5.77. The average molecular weight is 258 g/mol. The number of anilines is 1. The van der Waals surface area contributed by atoms with Crippen molar-refractivity contribution in [3.63, 3.8) is 0 Å². The van der Waals surface area contributed by atoms with E-state index in [0.717, 1.165) is 26.1 Å². The molecule has 1 aromatic rings. The van der Waals surface area contributed by atoms with Gasteiger partial charge in [-0.1, -0.05) is 31.2 Å². The molecule has 19 heavy (non-hydrogen) atoms. The molecule has 3 N–H and O–H groups in total. The topological polar surface area (TPSA) is 53.6 Å². The van der Waals surface area contributed by atoms with Gasteiger partial charge < -0.3 is 16.0 Å². The molecule has 0 amide bonds. The van der Waals surface area contributed by atoms with Crippen molar-refractivity contribution in [3.05, 3.63) is 42.0 Å². The second-order valence-electron chi connectivity index (χ2n) is 4.67. The van der Waals surface area contributed by atoms with Crippen LogP contribution in [0.4, 0.5) is 5.69 Å². The summed E-state index contributed by atoms with van der Waals surface area (Å²) in [4.78, 5) is 6.67. The van der Waals surface area contributed by atoms with E-state index in [-0.39, 0.29) is 0 Å². The molecule has 0 aromatic heterocycles. The van der Waals surface area contributed by atoms with Crippen LogP contribution >= 0.6 is 0 Å². The molecular weight excluding hydrogens is 236 g/mol. The standard InChI is InChI=1S/C15H22N4/c1-2-8-17-15(16)18-12-13-6-5-7-14(11-13)19-9-3-4-10-19/h3-7,11H,2,8-10,12H2,1H3,(H3,16,17,18). The Labute approximate surface area is 115 Å². The van der Waals surface area contributed by atoms with Crippen molar-refractivity contribution in [1.82, 2.24) is 5.32 Å². The molecule has 1 heterocycles. The number of aliphatic imine (C=N–C) groups is 1. The molecule has 0 aliphatic carbocycles. The second-order valence-corrected chi connectivity index (χ2v) is 4.67. The van der Waals surface area contributed by atoms with Crippen LogP contribution in [0, 0.1) is 0 Å². The number of nitrogens with zero attached hydrogens (tertiary/aromatic N) is 2. The summed E-state index contributed by atoms with van der Waals surface area (Å²) in [5.74, 6) is 0.523. The average Bonchev–Trinajstić information content (AvgIpc) is 2.97. The lowest BCUT2D eigenvalue weighted by atomic mass is 10.2. The van der Waals surface area contributed by atoms with Gasteiger partial charge in [-0.05, 0) is 24.1 Å². The van der Waals surface area contributed by atoms with E-state index in [9.17, 15) is 0 Å². The van der Waals surface area contributed by atoms with Gasteiger partial charge >= 0.3 is 0 Å². The normalized spacial score (nSPS) is 15.0. The van der Waals surface area contributed by atoms with Crippen molar-refractivity contribution in [2.24, 2.45) is 10.7 Å². The number of nitrogens with two attached hydrogens (primary N) is 1. The predicted molar refractivity (Wildman–Crippen MR) is 81.4 cm³/mol. The molecule has 1 aromatic carbocycles. The fraction of sp³-hybridized carbons (Fsp3) is 0.400. The third-order valence-corrected chi connectivity index (χ3v) is 3.08. The molecule has 0 radical (unpaired) electrons. The molecule has 0 bridgehead atoms. The Kier molecular flexibility index (Phi) is 4.84. The molecule has 0 saturated carbocycles. The van der Waals surface area contributed by atoms with Gasteiger partial charge in [-0.3, -0.25) is 0 Å². The number of rotatable bonds is 5. The monoisotopic (exact) mass is 258 g/mol. The molecule has 0 fully saturated rings. The van der Waals surface area contributed by atoms with Gasteiger partial charge in [0, 0.05) is 25.3 Å². The molecule has 1 aliphatic rings. The Morgan fingerprint density at radius 2 is 2.16 bits per heavy atom. The van der Waals surface area contributed by atoms with Crippen LogP contribution in [0.15, 0.2) is 41.4 Å². The van der Waals surface area contributed by atoms with Crippen LogP contribution in [-0.2, 0) is 6.54 Å². The second kappa shape index (κ2) is 6.83. The highest BCUT2D eigenvalue weighted by Gasteiger charge is 2.07. The van der Waals surface area contributed by atoms with Gasteiger partial charge in [0.2, 0.25) is 0 Å². The highest BCUT2D eigenvalue weighted by atomic mass is 15.1. The summed E-state index contributed by atoms with van der Waals surface area (Å²) in [5.41, 5.74) is 8.22. The van der Waals surface area contributed by atoms with E-state index in [4.69, 9.17) is 5.73 Å². The first-order chi connectivity index (χ1) is 9.29. The molecule has 102 valence electrons. The minimum absolute atomic E-state index is 0.523. The maximum absolute atomic E-state index is 5.79. The summed E-state index contributed by atoms with van der Waals surface area (Å²) in [6, 6.07) is 8.49. The summed E-state index contributed by atoms with van der Waals surface area (Å²) in [6.45, 7) is 5.58. The largest absolute Gasteiger partial charge is 0.370 e. The van der Waals surface area contributed by atoms with E-state index >= 15 is 0 Å². The lowest BCUT2D eigenvalue weighted by molar-refractivity contribution is 0.825. The molecule has 2 rings (SSSR count). The van der Waals surface area contributed by atoms with Crippen LogP contribution in [-0.4, -0.2) is 25.6 Å². The molecular formula is C15H22N4. The van der Waals surface area contributed by atoms with E-state index < -0.39 is 0 Å². The van der Waals surface area contributed by atoms with Crippen LogP contribution < -0.4 is 16.0 Å². The van der Waals surface area contributed by atoms with Crippen molar-refractivity contribution < 1.29 is 0 Å². The van der Waals surface area contributed by atoms with E-state index in [1.807, 2.05) is 0 Å². The Hall–Kier alpha value is -1.97. The summed E-state index contributed by atoms with van der Waals surface area (Å²) in [5, 5.41) is 3.08. The fourth-order valence-electron chi connectivity index (χ4n) is 2.03. The third-order valence-electron chi connectivity index (χ3n) is 3.08. The van der Waals surface area contributed by atoms with Gasteiger partial charge in [-0.2, -0.15) is 0 Å². The molecule has 0 spiro atoms. The van der Waals surface area contributed by atoms with Gasteiger partial charge in [-0.15, -0.1) is 0 Å². The smallest absolute Gasteiger partial charge is 0.188 e. The summed E-state index contributed by atoms with van der Waals surface area (Å²) >= 11 is 0. The van der Waals surface area contributed by atoms with Crippen molar-refractivity contribution >= 4 is 11.6 Å². The molecule has 0 saturated heterocycles. The minimum Gasteiger partial charge on any atom is -0.370 e. The quantitative estimate of drug-likeness (QED) is 0.481. The van der Waals surface area contributed by atoms with Crippen LogP contribution in [0.3, 0.4) is 0 Å². The highest BCUT2D eigenvalue weighted by Crippen LogP contribution is 2.18. The molecule has 4 nitrogen and oxygen atoms in total. The van der Waals surface area contributed by atoms with Gasteiger partial charge in [-0.25, -0.2) is 4.99 Å². The number of hydrogen-bond donors (Lipinski definition) is 2. The van der Waals surface area contributed by atoms with Gasteiger partial charge in [0.05, 0.1) is 6.54 Å². The molecule has 4 heteroatoms. The first kappa shape index (κ1) is 13.5. The zero-order valence-electron chi connectivity index (χ0n) is 11.5. The summed E-state index contributed by atoms with van der Waals surface area (Å²) in [7, 11) is 0. The SMILES string of the molecule is CCCNC(N)=NCc1cccc(N2CC=CC2)c1. The lowest BCUT2D eigenvalue weighted by Crippen LogP contribution is -2.32. The molecule has 0 atom stereocenters. The first-order valence-electron chi connectivity index (χ1n) is 6.82. The van der Waals surface area contributed by atoms with E-state index in [1.54, 1.807) is 0 Å². The number of hydrogen-bond acceptors (Lipinski definition) is 2. The zero-order chi connectivity index (χ0) is 13.5. The maximum atomic E-state index is 5.79. The summed E-state index contributed by atoms with van der Waals surface area (Å²) in [6.07, 6.45) is 5.43. The molecule has 0 unspecified atom stereocenters. The van der Waals surface area contributed by atoms with E-state index in [2.05, 4.69) is 58.6 Å². The molecule has 1 aliphatic heterocycles. The Morgan fingerprint density at radius 3 is 2.89 bits per heavy atom. The van der Waals surface area contributed by atoms with Crippen molar-refractivity contribution in [2.75, 3.05) is 24.5 Å². The van der Waals surface area contributed by atoms with Crippen LogP contribution in [0.2, 0.25) is 0 Å². The van der Waals surface area contributed by atoms with Crippen LogP contribution in [0.25, 0.3) is 0 Å². The van der Waals surface area contributed by atoms with Crippen LogP contribution in [0.1, 0.15) is 18.9 Å². The van der Waals surface area contributed by atoms with E-state index in [1.165, 1.54) is 11.3 Å².